The lowest BCUT2D eigenvalue weighted by Gasteiger charge is -2.25. The van der Waals surface area contributed by atoms with E-state index in [2.05, 4.69) is 10.3 Å². The third kappa shape index (κ3) is 2.24. The number of sulfonamides is 1. The van der Waals surface area contributed by atoms with Crippen molar-refractivity contribution in [2.75, 3.05) is 26.0 Å². The van der Waals surface area contributed by atoms with Gasteiger partial charge in [-0.15, -0.1) is 11.3 Å². The van der Waals surface area contributed by atoms with Gasteiger partial charge < -0.3 is 10.1 Å². The number of anilines is 1. The number of imidazole rings is 1. The number of rotatable bonds is 4. The SMILES string of the molecule is CNc1nc2sccn2c1S(=O)(=O)N(C)C1CCOC1C. The Bertz CT molecular complexity index is 752. The van der Waals surface area contributed by atoms with Crippen LogP contribution in [-0.4, -0.2) is 55.0 Å². The van der Waals surface area contributed by atoms with E-state index in [0.717, 1.165) is 0 Å². The van der Waals surface area contributed by atoms with Gasteiger partial charge in [0, 0.05) is 32.3 Å². The molecule has 1 aliphatic heterocycles. The molecule has 9 heteroatoms. The molecule has 0 aliphatic carbocycles. The molecule has 1 fully saturated rings. The third-order valence-corrected chi connectivity index (χ3v) is 6.55. The summed E-state index contributed by atoms with van der Waals surface area (Å²) in [5.74, 6) is 0.375. The molecule has 0 radical (unpaired) electrons. The van der Waals surface area contributed by atoms with Gasteiger partial charge in [-0.1, -0.05) is 0 Å². The van der Waals surface area contributed by atoms with Crippen molar-refractivity contribution in [3.63, 3.8) is 0 Å². The lowest BCUT2D eigenvalue weighted by Crippen LogP contribution is -2.41. The van der Waals surface area contributed by atoms with Crippen LogP contribution in [0.25, 0.3) is 4.96 Å². The predicted molar refractivity (Wildman–Crippen MR) is 81.4 cm³/mol. The van der Waals surface area contributed by atoms with Crippen molar-refractivity contribution in [1.82, 2.24) is 13.7 Å². The van der Waals surface area contributed by atoms with Crippen molar-refractivity contribution in [3.05, 3.63) is 11.6 Å². The van der Waals surface area contributed by atoms with Gasteiger partial charge in [-0.05, 0) is 13.3 Å². The van der Waals surface area contributed by atoms with Crippen LogP contribution < -0.4 is 5.32 Å². The summed E-state index contributed by atoms with van der Waals surface area (Å²) < 4.78 is 34.5. The Balaban J connectivity index is 2.09. The number of ether oxygens (including phenoxy) is 1. The van der Waals surface area contributed by atoms with Gasteiger partial charge in [0.25, 0.3) is 10.0 Å². The highest BCUT2D eigenvalue weighted by Gasteiger charge is 2.38. The largest absolute Gasteiger partial charge is 0.377 e. The highest BCUT2D eigenvalue weighted by Crippen LogP contribution is 2.30. The molecule has 2 atom stereocenters. The minimum atomic E-state index is -3.65. The molecule has 2 unspecified atom stereocenters. The molecular formula is C12H18N4O3S2. The molecule has 3 heterocycles. The molecule has 0 aromatic carbocycles. The highest BCUT2D eigenvalue weighted by atomic mass is 32.2. The Morgan fingerprint density at radius 2 is 2.33 bits per heavy atom. The van der Waals surface area contributed by atoms with Crippen LogP contribution in [0, 0.1) is 0 Å². The lowest BCUT2D eigenvalue weighted by atomic mass is 10.2. The molecule has 21 heavy (non-hydrogen) atoms. The molecule has 1 N–H and O–H groups in total. The highest BCUT2D eigenvalue weighted by molar-refractivity contribution is 7.89. The summed E-state index contributed by atoms with van der Waals surface area (Å²) in [4.78, 5) is 4.97. The molecule has 2 aromatic heterocycles. The second-order valence-corrected chi connectivity index (χ2v) is 7.81. The number of hydrogen-bond donors (Lipinski definition) is 1. The van der Waals surface area contributed by atoms with Crippen LogP contribution in [0.2, 0.25) is 0 Å². The maximum atomic E-state index is 13.0. The number of hydrogen-bond acceptors (Lipinski definition) is 6. The Morgan fingerprint density at radius 3 is 2.95 bits per heavy atom. The Morgan fingerprint density at radius 1 is 1.57 bits per heavy atom. The van der Waals surface area contributed by atoms with Crippen LogP contribution in [-0.2, 0) is 14.8 Å². The Kier molecular flexibility index (Phi) is 3.68. The van der Waals surface area contributed by atoms with E-state index >= 15 is 0 Å². The lowest BCUT2D eigenvalue weighted by molar-refractivity contribution is 0.102. The fourth-order valence-corrected chi connectivity index (χ4v) is 5.15. The first-order valence-electron chi connectivity index (χ1n) is 6.69. The summed E-state index contributed by atoms with van der Waals surface area (Å²) in [6.45, 7) is 2.49. The number of nitrogens with one attached hydrogen (secondary N) is 1. The minimum Gasteiger partial charge on any atom is -0.377 e. The first-order chi connectivity index (χ1) is 9.96. The average molecular weight is 330 g/mol. The molecule has 0 bridgehead atoms. The standard InChI is InChI=1S/C12H18N4O3S2/c1-8-9(4-6-19-8)15(3)21(17,18)11-10(13-2)14-12-16(11)5-7-20-12/h5,7-9,13H,4,6H2,1-3H3. The summed E-state index contributed by atoms with van der Waals surface area (Å²) in [5, 5.41) is 4.88. The second kappa shape index (κ2) is 5.24. The van der Waals surface area contributed by atoms with Gasteiger partial charge in [-0.2, -0.15) is 4.31 Å². The van der Waals surface area contributed by atoms with Crippen molar-refractivity contribution in [3.8, 4) is 0 Å². The summed E-state index contributed by atoms with van der Waals surface area (Å²) in [5.41, 5.74) is 0. The summed E-state index contributed by atoms with van der Waals surface area (Å²) in [7, 11) is -0.372. The summed E-state index contributed by atoms with van der Waals surface area (Å²) in [6.07, 6.45) is 2.33. The molecule has 7 nitrogen and oxygen atoms in total. The fourth-order valence-electron chi connectivity index (χ4n) is 2.69. The van der Waals surface area contributed by atoms with Crippen molar-refractivity contribution >= 4 is 32.1 Å². The van der Waals surface area contributed by atoms with Crippen molar-refractivity contribution in [1.29, 1.82) is 0 Å². The maximum Gasteiger partial charge on any atom is 0.262 e. The molecule has 3 rings (SSSR count). The molecular weight excluding hydrogens is 312 g/mol. The van der Waals surface area contributed by atoms with E-state index < -0.39 is 10.0 Å². The van der Waals surface area contributed by atoms with Crippen LogP contribution >= 0.6 is 11.3 Å². The predicted octanol–water partition coefficient (Wildman–Crippen LogP) is 1.24. The van der Waals surface area contributed by atoms with E-state index in [1.807, 2.05) is 12.3 Å². The monoisotopic (exact) mass is 330 g/mol. The van der Waals surface area contributed by atoms with Gasteiger partial charge in [-0.3, -0.25) is 4.40 Å². The zero-order chi connectivity index (χ0) is 15.2. The van der Waals surface area contributed by atoms with Gasteiger partial charge in [-0.25, -0.2) is 13.4 Å². The summed E-state index contributed by atoms with van der Waals surface area (Å²) in [6, 6.07) is -0.149. The van der Waals surface area contributed by atoms with Crippen molar-refractivity contribution < 1.29 is 13.2 Å². The van der Waals surface area contributed by atoms with Crippen LogP contribution in [0.1, 0.15) is 13.3 Å². The topological polar surface area (TPSA) is 75.9 Å². The zero-order valence-electron chi connectivity index (χ0n) is 12.1. The van der Waals surface area contributed by atoms with Gasteiger partial charge in [0.05, 0.1) is 12.1 Å². The second-order valence-electron chi connectivity index (χ2n) is 5.02. The van der Waals surface area contributed by atoms with Gasteiger partial charge in [0.1, 0.15) is 0 Å². The first kappa shape index (κ1) is 14.8. The van der Waals surface area contributed by atoms with E-state index in [-0.39, 0.29) is 17.2 Å². The number of aromatic nitrogens is 2. The molecule has 116 valence electrons. The van der Waals surface area contributed by atoms with E-state index in [1.54, 1.807) is 24.7 Å². The molecule has 1 saturated heterocycles. The smallest absolute Gasteiger partial charge is 0.262 e. The van der Waals surface area contributed by atoms with Crippen molar-refractivity contribution in [2.24, 2.45) is 0 Å². The molecule has 0 spiro atoms. The van der Waals surface area contributed by atoms with E-state index in [0.29, 0.717) is 23.8 Å². The van der Waals surface area contributed by atoms with Gasteiger partial charge >= 0.3 is 0 Å². The molecule has 2 aromatic rings. The maximum absolute atomic E-state index is 13.0. The molecule has 0 saturated carbocycles. The summed E-state index contributed by atoms with van der Waals surface area (Å²) >= 11 is 1.40. The quantitative estimate of drug-likeness (QED) is 0.913. The number of thiazole rings is 1. The minimum absolute atomic E-state index is 0.103. The van der Waals surface area contributed by atoms with Crippen molar-refractivity contribution in [2.45, 2.75) is 30.5 Å². The van der Waals surface area contributed by atoms with Crippen LogP contribution in [0.5, 0.6) is 0 Å². The average Bonchev–Trinajstić information content (AvgIpc) is 3.11. The van der Waals surface area contributed by atoms with Gasteiger partial charge in [0.2, 0.25) is 0 Å². The molecule has 0 amide bonds. The normalized spacial score (nSPS) is 23.2. The molecule has 1 aliphatic rings. The number of nitrogens with zero attached hydrogens (tertiary/aromatic N) is 3. The van der Waals surface area contributed by atoms with Crippen LogP contribution in [0.15, 0.2) is 16.6 Å². The Labute approximate surface area is 127 Å². The number of likely N-dealkylation sites (N-methyl/N-ethyl adjacent to an activating group) is 1. The third-order valence-electron chi connectivity index (χ3n) is 3.88. The van der Waals surface area contributed by atoms with Crippen LogP contribution in [0.4, 0.5) is 5.82 Å². The first-order valence-corrected chi connectivity index (χ1v) is 9.01. The zero-order valence-corrected chi connectivity index (χ0v) is 13.7. The van der Waals surface area contributed by atoms with E-state index in [4.69, 9.17) is 4.74 Å². The van der Waals surface area contributed by atoms with Crippen LogP contribution in [0.3, 0.4) is 0 Å². The van der Waals surface area contributed by atoms with Gasteiger partial charge in [0.15, 0.2) is 15.8 Å². The van der Waals surface area contributed by atoms with E-state index in [1.165, 1.54) is 15.6 Å². The fraction of sp³-hybridized carbons (Fsp3) is 0.583. The number of fused-ring (bicyclic) bond motifs is 1. The van der Waals surface area contributed by atoms with E-state index in [9.17, 15) is 8.42 Å². The Hall–Kier alpha value is -1.16.